The van der Waals surface area contributed by atoms with Gasteiger partial charge in [0.05, 0.1) is 21.7 Å². The highest BCUT2D eigenvalue weighted by Gasteiger charge is 2.37. The predicted octanol–water partition coefficient (Wildman–Crippen LogP) is 4.71. The molecule has 0 saturated carbocycles. The quantitative estimate of drug-likeness (QED) is 0.525. The maximum atomic E-state index is 12.3. The molecule has 1 fully saturated rings. The standard InChI is InChI=1S/C17H12BrCl2NO3/c18-11-4-6-12(7-5-11)24-17(23)10-8-15(22)21(9-10)14-3-1-2-13(19)16(14)20/h1-7,10H,8-9H2/t10-/m1/s1. The van der Waals surface area contributed by atoms with Crippen LogP contribution in [0, 0.1) is 5.92 Å². The highest BCUT2D eigenvalue weighted by Crippen LogP contribution is 2.36. The third kappa shape index (κ3) is 3.58. The van der Waals surface area contributed by atoms with Gasteiger partial charge in [0.15, 0.2) is 0 Å². The zero-order chi connectivity index (χ0) is 17.3. The van der Waals surface area contributed by atoms with Gasteiger partial charge in [-0.15, -0.1) is 0 Å². The molecule has 0 N–H and O–H groups in total. The summed E-state index contributed by atoms with van der Waals surface area (Å²) in [5.74, 6) is -0.727. The van der Waals surface area contributed by atoms with Gasteiger partial charge in [0.25, 0.3) is 0 Å². The van der Waals surface area contributed by atoms with E-state index in [1.54, 1.807) is 42.5 Å². The average molecular weight is 429 g/mol. The van der Waals surface area contributed by atoms with Crippen LogP contribution in [0.25, 0.3) is 0 Å². The molecule has 24 heavy (non-hydrogen) atoms. The summed E-state index contributed by atoms with van der Waals surface area (Å²) >= 11 is 15.5. The van der Waals surface area contributed by atoms with E-state index in [1.807, 2.05) is 0 Å². The van der Waals surface area contributed by atoms with Crippen molar-refractivity contribution in [1.29, 1.82) is 0 Å². The fraction of sp³-hybridized carbons (Fsp3) is 0.176. The van der Waals surface area contributed by atoms with Gasteiger partial charge in [-0.1, -0.05) is 45.2 Å². The first-order chi connectivity index (χ1) is 11.5. The first kappa shape index (κ1) is 17.3. The summed E-state index contributed by atoms with van der Waals surface area (Å²) in [7, 11) is 0. The molecule has 0 unspecified atom stereocenters. The van der Waals surface area contributed by atoms with Gasteiger partial charge in [0, 0.05) is 17.4 Å². The molecule has 0 spiro atoms. The molecule has 0 aliphatic carbocycles. The summed E-state index contributed by atoms with van der Waals surface area (Å²) in [6.07, 6.45) is 0.0816. The van der Waals surface area contributed by atoms with Crippen LogP contribution < -0.4 is 9.64 Å². The molecular formula is C17H12BrCl2NO3. The Balaban J connectivity index is 1.73. The Kier molecular flexibility index (Phi) is 5.13. The molecular weight excluding hydrogens is 417 g/mol. The Morgan fingerprint density at radius 1 is 1.17 bits per heavy atom. The molecule has 1 aliphatic rings. The van der Waals surface area contributed by atoms with Crippen molar-refractivity contribution >= 4 is 56.7 Å². The Morgan fingerprint density at radius 2 is 1.88 bits per heavy atom. The number of ether oxygens (including phenoxy) is 1. The highest BCUT2D eigenvalue weighted by molar-refractivity contribution is 9.10. The number of benzene rings is 2. The Bertz CT molecular complexity index is 795. The van der Waals surface area contributed by atoms with Gasteiger partial charge in [-0.2, -0.15) is 0 Å². The summed E-state index contributed by atoms with van der Waals surface area (Å²) in [6.45, 7) is 0.217. The van der Waals surface area contributed by atoms with E-state index in [0.29, 0.717) is 21.5 Å². The minimum Gasteiger partial charge on any atom is -0.426 e. The number of halogens is 3. The lowest BCUT2D eigenvalue weighted by Gasteiger charge is -2.18. The third-order valence-electron chi connectivity index (χ3n) is 3.71. The summed E-state index contributed by atoms with van der Waals surface area (Å²) in [5, 5.41) is 0.664. The lowest BCUT2D eigenvalue weighted by molar-refractivity contribution is -0.139. The fourth-order valence-electron chi connectivity index (χ4n) is 2.50. The third-order valence-corrected chi connectivity index (χ3v) is 5.05. The van der Waals surface area contributed by atoms with Crippen molar-refractivity contribution in [3.05, 3.63) is 57.0 Å². The van der Waals surface area contributed by atoms with E-state index in [-0.39, 0.29) is 18.9 Å². The van der Waals surface area contributed by atoms with Crippen LogP contribution in [0.4, 0.5) is 5.69 Å². The number of rotatable bonds is 3. The normalized spacial score (nSPS) is 17.2. The van der Waals surface area contributed by atoms with Crippen molar-refractivity contribution in [3.8, 4) is 5.75 Å². The number of hydrogen-bond acceptors (Lipinski definition) is 3. The summed E-state index contributed by atoms with van der Waals surface area (Å²) < 4.78 is 6.23. The van der Waals surface area contributed by atoms with Crippen molar-refractivity contribution in [1.82, 2.24) is 0 Å². The van der Waals surface area contributed by atoms with Crippen molar-refractivity contribution < 1.29 is 14.3 Å². The maximum Gasteiger partial charge on any atom is 0.316 e. The van der Waals surface area contributed by atoms with Gasteiger partial charge in [0.1, 0.15) is 5.75 Å². The van der Waals surface area contributed by atoms with Crippen LogP contribution in [-0.4, -0.2) is 18.4 Å². The smallest absolute Gasteiger partial charge is 0.316 e. The minimum atomic E-state index is -0.545. The molecule has 7 heteroatoms. The van der Waals surface area contributed by atoms with Gasteiger partial charge >= 0.3 is 5.97 Å². The van der Waals surface area contributed by atoms with Crippen molar-refractivity contribution in [2.24, 2.45) is 5.92 Å². The van der Waals surface area contributed by atoms with Gasteiger partial charge < -0.3 is 9.64 Å². The molecule has 1 amide bonds. The van der Waals surface area contributed by atoms with E-state index in [2.05, 4.69) is 15.9 Å². The van der Waals surface area contributed by atoms with E-state index < -0.39 is 11.9 Å². The Hall–Kier alpha value is -1.56. The predicted molar refractivity (Wildman–Crippen MR) is 96.7 cm³/mol. The van der Waals surface area contributed by atoms with Crippen LogP contribution >= 0.6 is 39.1 Å². The number of esters is 1. The molecule has 4 nitrogen and oxygen atoms in total. The first-order valence-corrected chi connectivity index (χ1v) is 8.72. The molecule has 0 radical (unpaired) electrons. The molecule has 0 bridgehead atoms. The molecule has 2 aromatic carbocycles. The zero-order valence-corrected chi connectivity index (χ0v) is 15.4. The second-order valence-electron chi connectivity index (χ2n) is 5.35. The Labute approximate surface area is 157 Å². The van der Waals surface area contributed by atoms with Crippen molar-refractivity contribution in [3.63, 3.8) is 0 Å². The monoisotopic (exact) mass is 427 g/mol. The van der Waals surface area contributed by atoms with Crippen LogP contribution in [0.2, 0.25) is 10.0 Å². The van der Waals surface area contributed by atoms with Crippen molar-refractivity contribution in [2.75, 3.05) is 11.4 Å². The van der Waals surface area contributed by atoms with Crippen LogP contribution in [0.5, 0.6) is 5.75 Å². The fourth-order valence-corrected chi connectivity index (χ4v) is 3.16. The molecule has 3 rings (SSSR count). The molecule has 0 aromatic heterocycles. The highest BCUT2D eigenvalue weighted by atomic mass is 79.9. The number of amides is 1. The minimum absolute atomic E-state index is 0.0816. The van der Waals surface area contributed by atoms with Gasteiger partial charge in [0.2, 0.25) is 5.91 Å². The molecule has 124 valence electrons. The van der Waals surface area contributed by atoms with E-state index in [0.717, 1.165) is 4.47 Å². The van der Waals surface area contributed by atoms with Gasteiger partial charge in [-0.05, 0) is 36.4 Å². The second-order valence-corrected chi connectivity index (χ2v) is 7.05. The van der Waals surface area contributed by atoms with Gasteiger partial charge in [-0.3, -0.25) is 9.59 Å². The number of hydrogen-bond donors (Lipinski definition) is 0. The van der Waals surface area contributed by atoms with Crippen LogP contribution in [0.1, 0.15) is 6.42 Å². The molecule has 1 heterocycles. The molecule has 2 aromatic rings. The van der Waals surface area contributed by atoms with E-state index >= 15 is 0 Å². The van der Waals surface area contributed by atoms with E-state index in [4.69, 9.17) is 27.9 Å². The number of carbonyl (C=O) groups is 2. The largest absolute Gasteiger partial charge is 0.426 e. The van der Waals surface area contributed by atoms with E-state index in [1.165, 1.54) is 4.90 Å². The zero-order valence-electron chi connectivity index (χ0n) is 12.3. The summed E-state index contributed by atoms with van der Waals surface area (Å²) in [5.41, 5.74) is 0.508. The molecule has 1 aliphatic heterocycles. The topological polar surface area (TPSA) is 46.6 Å². The lowest BCUT2D eigenvalue weighted by atomic mass is 10.1. The SMILES string of the molecule is O=C(Oc1ccc(Br)cc1)[C@@H]1CC(=O)N(c2cccc(Cl)c2Cl)C1. The number of anilines is 1. The number of carbonyl (C=O) groups excluding carboxylic acids is 2. The van der Waals surface area contributed by atoms with Crippen LogP contribution in [-0.2, 0) is 9.59 Å². The summed E-state index contributed by atoms with van der Waals surface area (Å²) in [6, 6.07) is 12.0. The summed E-state index contributed by atoms with van der Waals surface area (Å²) in [4.78, 5) is 26.0. The van der Waals surface area contributed by atoms with E-state index in [9.17, 15) is 9.59 Å². The second kappa shape index (κ2) is 7.13. The van der Waals surface area contributed by atoms with Gasteiger partial charge in [-0.25, -0.2) is 0 Å². The lowest BCUT2D eigenvalue weighted by Crippen LogP contribution is -2.27. The average Bonchev–Trinajstić information content (AvgIpc) is 2.94. The maximum absolute atomic E-state index is 12.3. The Morgan fingerprint density at radius 3 is 2.58 bits per heavy atom. The van der Waals surface area contributed by atoms with Crippen LogP contribution in [0.3, 0.4) is 0 Å². The first-order valence-electron chi connectivity index (χ1n) is 7.17. The molecule has 1 saturated heterocycles. The molecule has 1 atom stereocenters. The number of nitrogens with zero attached hydrogens (tertiary/aromatic N) is 1. The van der Waals surface area contributed by atoms with Crippen LogP contribution in [0.15, 0.2) is 46.9 Å². The van der Waals surface area contributed by atoms with Crippen molar-refractivity contribution in [2.45, 2.75) is 6.42 Å².